The first-order chi connectivity index (χ1) is 18.9. The maximum absolute atomic E-state index is 13.1. The van der Waals surface area contributed by atoms with Crippen LogP contribution in [0.1, 0.15) is 62.2 Å². The Morgan fingerprint density at radius 1 is 1.26 bits per heavy atom. The summed E-state index contributed by atoms with van der Waals surface area (Å²) in [6.07, 6.45) is 8.13. The molecule has 0 bridgehead atoms. The van der Waals surface area contributed by atoms with Crippen molar-refractivity contribution in [1.29, 1.82) is 0 Å². The highest BCUT2D eigenvalue weighted by Gasteiger charge is 2.41. The summed E-state index contributed by atoms with van der Waals surface area (Å²) < 4.78 is 5.61. The van der Waals surface area contributed by atoms with Crippen molar-refractivity contribution in [3.63, 3.8) is 0 Å². The average molecular weight is 538 g/mol. The largest absolute Gasteiger partial charge is 0.495 e. The summed E-state index contributed by atoms with van der Waals surface area (Å²) in [5.41, 5.74) is 1.14. The fraction of sp³-hybridized carbons (Fsp3) is 0.571. The van der Waals surface area contributed by atoms with Crippen molar-refractivity contribution in [2.45, 2.75) is 69.5 Å². The lowest BCUT2D eigenvalue weighted by molar-refractivity contribution is -0.120. The Bertz CT molecular complexity index is 1210. The van der Waals surface area contributed by atoms with E-state index in [9.17, 15) is 14.7 Å². The van der Waals surface area contributed by atoms with Gasteiger partial charge in [-0.15, -0.1) is 0 Å². The molecule has 39 heavy (non-hydrogen) atoms. The van der Waals surface area contributed by atoms with E-state index in [0.717, 1.165) is 44.6 Å². The van der Waals surface area contributed by atoms with Crippen LogP contribution in [0.25, 0.3) is 0 Å². The standard InChI is InChI=1S/C28H39N7O4/c1-4-21-26(38)34(2)22-16-30-27(32-24(22)35(21)19-7-5-6-8-19)31-20-10-9-18(15-23(20)39-3)25(37)33-28(17-36)11-13-29-14-12-28/h9-10,15-16,19,21,29,36H,4-8,11-14,17H2,1-3H3,(H,33,37)(H,30,31,32)/t21-/m1/s1. The lowest BCUT2D eigenvalue weighted by atomic mass is 9.89. The molecule has 2 aromatic rings. The number of amides is 2. The molecule has 0 unspecified atom stereocenters. The maximum Gasteiger partial charge on any atom is 0.251 e. The number of methoxy groups -OCH3 is 1. The van der Waals surface area contributed by atoms with Gasteiger partial charge in [-0.2, -0.15) is 4.98 Å². The molecule has 0 radical (unpaired) electrons. The van der Waals surface area contributed by atoms with Crippen LogP contribution in [-0.2, 0) is 4.79 Å². The number of carbonyl (C=O) groups is 2. The van der Waals surface area contributed by atoms with E-state index >= 15 is 0 Å². The Morgan fingerprint density at radius 3 is 2.67 bits per heavy atom. The van der Waals surface area contributed by atoms with Crippen LogP contribution in [0.3, 0.4) is 0 Å². The Balaban J connectivity index is 1.40. The van der Waals surface area contributed by atoms with Gasteiger partial charge >= 0.3 is 0 Å². The summed E-state index contributed by atoms with van der Waals surface area (Å²) in [7, 11) is 3.33. The lowest BCUT2D eigenvalue weighted by Gasteiger charge is -2.43. The zero-order valence-corrected chi connectivity index (χ0v) is 23.0. The molecule has 1 atom stereocenters. The van der Waals surface area contributed by atoms with E-state index in [1.54, 1.807) is 43.5 Å². The number of piperidine rings is 1. The van der Waals surface area contributed by atoms with Gasteiger partial charge in [0.05, 0.1) is 31.1 Å². The highest BCUT2D eigenvalue weighted by atomic mass is 16.5. The summed E-state index contributed by atoms with van der Waals surface area (Å²) in [5.74, 6) is 1.44. The summed E-state index contributed by atoms with van der Waals surface area (Å²) in [6, 6.07) is 5.19. The van der Waals surface area contributed by atoms with Crippen LogP contribution in [0.5, 0.6) is 5.75 Å². The number of aromatic nitrogens is 2. The first-order valence-electron chi connectivity index (χ1n) is 13.9. The van der Waals surface area contributed by atoms with Crippen LogP contribution in [0, 0.1) is 0 Å². The fourth-order valence-corrected chi connectivity index (χ4v) is 6.04. The number of anilines is 4. The Labute approximate surface area is 229 Å². The van der Waals surface area contributed by atoms with Crippen molar-refractivity contribution in [2.75, 3.05) is 49.0 Å². The number of ether oxygens (including phenoxy) is 1. The second-order valence-electron chi connectivity index (χ2n) is 10.8. The molecule has 210 valence electrons. The van der Waals surface area contributed by atoms with E-state index in [4.69, 9.17) is 9.72 Å². The van der Waals surface area contributed by atoms with Gasteiger partial charge in [-0.3, -0.25) is 9.59 Å². The molecule has 2 aliphatic heterocycles. The molecule has 1 saturated heterocycles. The van der Waals surface area contributed by atoms with Crippen molar-refractivity contribution in [2.24, 2.45) is 0 Å². The van der Waals surface area contributed by atoms with Gasteiger partial charge in [-0.25, -0.2) is 4.98 Å². The van der Waals surface area contributed by atoms with Crippen LogP contribution in [0.2, 0.25) is 0 Å². The molecule has 3 aliphatic rings. The number of aliphatic hydroxyl groups is 1. The van der Waals surface area contributed by atoms with Gasteiger partial charge in [0.15, 0.2) is 5.82 Å². The molecular weight excluding hydrogens is 498 g/mol. The van der Waals surface area contributed by atoms with E-state index in [0.29, 0.717) is 47.9 Å². The number of rotatable bonds is 8. The maximum atomic E-state index is 13.1. The smallest absolute Gasteiger partial charge is 0.251 e. The van der Waals surface area contributed by atoms with Crippen molar-refractivity contribution >= 4 is 35.0 Å². The predicted octanol–water partition coefficient (Wildman–Crippen LogP) is 2.58. The lowest BCUT2D eigenvalue weighted by Crippen LogP contribution is -2.56. The third kappa shape index (κ3) is 5.25. The SMILES string of the molecule is CC[C@@H]1C(=O)N(C)c2cnc(Nc3ccc(C(=O)NC4(CO)CCNCC4)cc3OC)nc2N1C1CCCC1. The van der Waals surface area contributed by atoms with Crippen LogP contribution < -0.4 is 30.5 Å². The Kier molecular flexibility index (Phi) is 7.90. The number of benzene rings is 1. The van der Waals surface area contributed by atoms with Gasteiger partial charge < -0.3 is 35.6 Å². The summed E-state index contributed by atoms with van der Waals surface area (Å²) in [4.78, 5) is 39.5. The van der Waals surface area contributed by atoms with E-state index < -0.39 is 5.54 Å². The second-order valence-corrected chi connectivity index (χ2v) is 10.8. The molecule has 11 heteroatoms. The highest BCUT2D eigenvalue weighted by Crippen LogP contribution is 2.40. The van der Waals surface area contributed by atoms with Gasteiger partial charge in [-0.1, -0.05) is 19.8 Å². The molecule has 1 aromatic carbocycles. The van der Waals surface area contributed by atoms with Gasteiger partial charge in [0.2, 0.25) is 11.9 Å². The molecule has 2 fully saturated rings. The summed E-state index contributed by atoms with van der Waals surface area (Å²) in [6.45, 7) is 3.42. The van der Waals surface area contributed by atoms with Crippen molar-refractivity contribution in [1.82, 2.24) is 20.6 Å². The van der Waals surface area contributed by atoms with Crippen molar-refractivity contribution < 1.29 is 19.4 Å². The van der Waals surface area contributed by atoms with E-state index in [1.807, 2.05) is 6.92 Å². The third-order valence-electron chi connectivity index (χ3n) is 8.36. The number of fused-ring (bicyclic) bond motifs is 1. The normalized spacial score (nSPS) is 21.0. The first-order valence-corrected chi connectivity index (χ1v) is 13.9. The second kappa shape index (κ2) is 11.4. The minimum atomic E-state index is -0.625. The topological polar surface area (TPSA) is 132 Å². The van der Waals surface area contributed by atoms with Crippen LogP contribution in [-0.4, -0.2) is 78.4 Å². The van der Waals surface area contributed by atoms with Crippen LogP contribution >= 0.6 is 0 Å². The number of hydrogen-bond donors (Lipinski definition) is 4. The Morgan fingerprint density at radius 2 is 2.00 bits per heavy atom. The number of aliphatic hydroxyl groups excluding tert-OH is 1. The van der Waals surface area contributed by atoms with Gasteiger partial charge in [-0.05, 0) is 63.4 Å². The zero-order valence-electron chi connectivity index (χ0n) is 23.0. The first kappa shape index (κ1) is 27.1. The number of nitrogens with one attached hydrogen (secondary N) is 3. The van der Waals surface area contributed by atoms with Crippen molar-refractivity contribution in [3.8, 4) is 5.75 Å². The van der Waals surface area contributed by atoms with E-state index in [2.05, 4.69) is 25.8 Å². The molecule has 1 aromatic heterocycles. The molecule has 1 saturated carbocycles. The molecule has 0 spiro atoms. The number of carbonyl (C=O) groups excluding carboxylic acids is 2. The molecule has 4 N–H and O–H groups in total. The summed E-state index contributed by atoms with van der Waals surface area (Å²) in [5, 5.41) is 19.5. The quantitative estimate of drug-likeness (QED) is 0.401. The van der Waals surface area contributed by atoms with Gasteiger partial charge in [0.25, 0.3) is 5.91 Å². The molecule has 3 heterocycles. The van der Waals surface area contributed by atoms with Gasteiger partial charge in [0.1, 0.15) is 17.5 Å². The minimum Gasteiger partial charge on any atom is -0.495 e. The summed E-state index contributed by atoms with van der Waals surface area (Å²) >= 11 is 0. The predicted molar refractivity (Wildman–Crippen MR) is 150 cm³/mol. The number of nitrogens with zero attached hydrogens (tertiary/aromatic N) is 4. The molecule has 2 amide bonds. The van der Waals surface area contributed by atoms with Crippen LogP contribution in [0.4, 0.5) is 23.1 Å². The Hall–Kier alpha value is -3.44. The molecule has 5 rings (SSSR count). The highest BCUT2D eigenvalue weighted by molar-refractivity contribution is 6.04. The van der Waals surface area contributed by atoms with E-state index in [-0.39, 0.29) is 30.5 Å². The fourth-order valence-electron chi connectivity index (χ4n) is 6.04. The van der Waals surface area contributed by atoms with Crippen molar-refractivity contribution in [3.05, 3.63) is 30.0 Å². The third-order valence-corrected chi connectivity index (χ3v) is 8.36. The van der Waals surface area contributed by atoms with Crippen LogP contribution in [0.15, 0.2) is 24.4 Å². The monoisotopic (exact) mass is 537 g/mol. The van der Waals surface area contributed by atoms with E-state index in [1.165, 1.54) is 0 Å². The number of likely N-dealkylation sites (N-methyl/N-ethyl adjacent to an activating group) is 1. The zero-order chi connectivity index (χ0) is 27.6. The molecule has 11 nitrogen and oxygen atoms in total. The van der Waals surface area contributed by atoms with Gasteiger partial charge in [0, 0.05) is 18.7 Å². The molecular formula is C28H39N7O4. The minimum absolute atomic E-state index is 0.0733. The average Bonchev–Trinajstić information content (AvgIpc) is 3.50. The molecule has 1 aliphatic carbocycles. The number of hydrogen-bond acceptors (Lipinski definition) is 9.